The van der Waals surface area contributed by atoms with E-state index < -0.39 is 17.8 Å². The maximum Gasteiger partial charge on any atom is 0.254 e. The molecule has 22 heavy (non-hydrogen) atoms. The van der Waals surface area contributed by atoms with E-state index in [0.29, 0.717) is 17.7 Å². The second-order valence-electron chi connectivity index (χ2n) is 5.30. The van der Waals surface area contributed by atoms with Crippen LogP contribution in [0.1, 0.15) is 33.2 Å². The highest BCUT2D eigenvalue weighted by molar-refractivity contribution is 5.98. The van der Waals surface area contributed by atoms with Gasteiger partial charge in [-0.2, -0.15) is 0 Å². The lowest BCUT2D eigenvalue weighted by Gasteiger charge is -2.16. The van der Waals surface area contributed by atoms with E-state index in [2.05, 4.69) is 0 Å². The Labute approximate surface area is 126 Å². The van der Waals surface area contributed by atoms with Crippen LogP contribution in [0.3, 0.4) is 0 Å². The Hall–Kier alpha value is -2.31. The quantitative estimate of drug-likeness (QED) is 0.852. The van der Waals surface area contributed by atoms with E-state index in [-0.39, 0.29) is 18.0 Å². The summed E-state index contributed by atoms with van der Waals surface area (Å²) >= 11 is 0. The van der Waals surface area contributed by atoms with Gasteiger partial charge in [0.1, 0.15) is 11.6 Å². The summed E-state index contributed by atoms with van der Waals surface area (Å²) in [5, 5.41) is 0. The van der Waals surface area contributed by atoms with Crippen LogP contribution < -0.4 is 11.5 Å². The van der Waals surface area contributed by atoms with Crippen molar-refractivity contribution in [2.75, 3.05) is 0 Å². The van der Waals surface area contributed by atoms with Gasteiger partial charge in [-0.3, -0.25) is 4.79 Å². The van der Waals surface area contributed by atoms with Crippen LogP contribution >= 0.6 is 0 Å². The highest BCUT2D eigenvalue weighted by atomic mass is 19.1. The van der Waals surface area contributed by atoms with Crippen LogP contribution in [0.15, 0.2) is 36.4 Å². The lowest BCUT2D eigenvalue weighted by atomic mass is 10.0. The minimum atomic E-state index is -0.670. The molecule has 1 heterocycles. The van der Waals surface area contributed by atoms with E-state index in [9.17, 15) is 13.6 Å². The maximum atomic E-state index is 13.7. The average Bonchev–Trinajstić information content (AvgIpc) is 2.79. The number of hydrogen-bond acceptors (Lipinski definition) is 3. The van der Waals surface area contributed by atoms with E-state index in [4.69, 9.17) is 11.5 Å². The number of carbonyl (C=O) groups is 1. The van der Waals surface area contributed by atoms with Crippen LogP contribution in [0.25, 0.3) is 0 Å². The topological polar surface area (TPSA) is 72.3 Å². The highest BCUT2D eigenvalue weighted by Crippen LogP contribution is 2.27. The van der Waals surface area contributed by atoms with E-state index in [0.717, 1.165) is 5.56 Å². The number of carbonyl (C=O) groups excluding carboxylic acids is 1. The molecule has 0 aliphatic carbocycles. The van der Waals surface area contributed by atoms with Crippen molar-refractivity contribution in [1.29, 1.82) is 0 Å². The highest BCUT2D eigenvalue weighted by Gasteiger charge is 2.29. The van der Waals surface area contributed by atoms with Crippen molar-refractivity contribution in [2.45, 2.75) is 19.3 Å². The SMILES string of the molecule is NC(N)c1ccc2c(c1)C(=O)N(Cc1c(F)cccc1F)C2. The Balaban J connectivity index is 1.88. The second kappa shape index (κ2) is 5.47. The first-order chi connectivity index (χ1) is 10.5. The van der Waals surface area contributed by atoms with Crippen LogP contribution in [0, 0.1) is 11.6 Å². The maximum absolute atomic E-state index is 13.7. The second-order valence-corrected chi connectivity index (χ2v) is 5.30. The van der Waals surface area contributed by atoms with Crippen molar-refractivity contribution in [1.82, 2.24) is 4.90 Å². The molecule has 1 aliphatic rings. The summed E-state index contributed by atoms with van der Waals surface area (Å²) in [6, 6.07) is 8.82. The molecule has 4 nitrogen and oxygen atoms in total. The van der Waals surface area contributed by atoms with Gasteiger partial charge in [0.2, 0.25) is 0 Å². The van der Waals surface area contributed by atoms with Gasteiger partial charge in [-0.05, 0) is 29.3 Å². The zero-order valence-electron chi connectivity index (χ0n) is 11.7. The van der Waals surface area contributed by atoms with Crippen LogP contribution in [0.2, 0.25) is 0 Å². The molecule has 2 aromatic carbocycles. The van der Waals surface area contributed by atoms with Crippen LogP contribution in [-0.4, -0.2) is 10.8 Å². The van der Waals surface area contributed by atoms with Crippen molar-refractivity contribution in [3.63, 3.8) is 0 Å². The molecule has 4 N–H and O–H groups in total. The van der Waals surface area contributed by atoms with Crippen molar-refractivity contribution in [3.05, 3.63) is 70.3 Å². The smallest absolute Gasteiger partial charge is 0.254 e. The lowest BCUT2D eigenvalue weighted by molar-refractivity contribution is 0.0763. The summed E-state index contributed by atoms with van der Waals surface area (Å²) < 4.78 is 27.4. The monoisotopic (exact) mass is 303 g/mol. The van der Waals surface area contributed by atoms with E-state index in [1.165, 1.54) is 23.1 Å². The van der Waals surface area contributed by atoms with Gasteiger partial charge >= 0.3 is 0 Å². The largest absolute Gasteiger partial charge is 0.330 e. The number of amides is 1. The fourth-order valence-corrected chi connectivity index (χ4v) is 2.59. The Kier molecular flexibility index (Phi) is 3.64. The Bertz CT molecular complexity index is 726. The summed E-state index contributed by atoms with van der Waals surface area (Å²) in [7, 11) is 0. The molecule has 2 aromatic rings. The molecule has 3 rings (SSSR count). The van der Waals surface area contributed by atoms with Crippen molar-refractivity contribution in [2.24, 2.45) is 11.5 Å². The van der Waals surface area contributed by atoms with Gasteiger partial charge in [-0.1, -0.05) is 18.2 Å². The molecule has 0 unspecified atom stereocenters. The number of nitrogens with zero attached hydrogens (tertiary/aromatic N) is 1. The van der Waals surface area contributed by atoms with Crippen molar-refractivity contribution in [3.8, 4) is 0 Å². The van der Waals surface area contributed by atoms with Crippen molar-refractivity contribution >= 4 is 5.91 Å². The average molecular weight is 303 g/mol. The first kappa shape index (κ1) is 14.6. The first-order valence-electron chi connectivity index (χ1n) is 6.83. The van der Waals surface area contributed by atoms with Gasteiger partial charge in [0.05, 0.1) is 12.7 Å². The van der Waals surface area contributed by atoms with E-state index in [1.54, 1.807) is 18.2 Å². The number of nitrogens with two attached hydrogens (primary N) is 2. The Morgan fingerprint density at radius 2 is 1.82 bits per heavy atom. The number of rotatable bonds is 3. The number of hydrogen-bond donors (Lipinski definition) is 2. The van der Waals surface area contributed by atoms with Crippen molar-refractivity contribution < 1.29 is 13.6 Å². The molecule has 0 saturated heterocycles. The normalized spacial score (nSPS) is 13.9. The molecule has 114 valence electrons. The zero-order valence-corrected chi connectivity index (χ0v) is 11.7. The fourth-order valence-electron chi connectivity index (χ4n) is 2.59. The molecule has 1 aliphatic heterocycles. The third kappa shape index (κ3) is 2.47. The van der Waals surface area contributed by atoms with Crippen LogP contribution in [0.4, 0.5) is 8.78 Å². The molecule has 0 aromatic heterocycles. The zero-order chi connectivity index (χ0) is 15.9. The number of benzene rings is 2. The third-order valence-corrected chi connectivity index (χ3v) is 3.81. The van der Waals surface area contributed by atoms with Gasteiger partial charge in [0, 0.05) is 17.7 Å². The van der Waals surface area contributed by atoms with Gasteiger partial charge < -0.3 is 16.4 Å². The molecular weight excluding hydrogens is 288 g/mol. The molecule has 1 amide bonds. The predicted octanol–water partition coefficient (Wildman–Crippen LogP) is 2.04. The lowest BCUT2D eigenvalue weighted by Crippen LogP contribution is -2.24. The molecule has 0 bridgehead atoms. The molecule has 0 fully saturated rings. The first-order valence-corrected chi connectivity index (χ1v) is 6.83. The number of halogens is 2. The molecule has 0 saturated carbocycles. The van der Waals surface area contributed by atoms with Gasteiger partial charge in [0.15, 0.2) is 0 Å². The van der Waals surface area contributed by atoms with Gasteiger partial charge in [-0.15, -0.1) is 0 Å². The van der Waals surface area contributed by atoms with E-state index in [1.807, 2.05) is 0 Å². The summed E-state index contributed by atoms with van der Waals surface area (Å²) in [6.07, 6.45) is -0.670. The molecular formula is C16H15F2N3O. The Morgan fingerprint density at radius 1 is 1.14 bits per heavy atom. The fraction of sp³-hybridized carbons (Fsp3) is 0.188. The summed E-state index contributed by atoms with van der Waals surface area (Å²) in [5.41, 5.74) is 13.0. The summed E-state index contributed by atoms with van der Waals surface area (Å²) in [6.45, 7) is 0.193. The van der Waals surface area contributed by atoms with Gasteiger partial charge in [-0.25, -0.2) is 8.78 Å². The molecule has 0 radical (unpaired) electrons. The van der Waals surface area contributed by atoms with Crippen LogP contribution in [-0.2, 0) is 13.1 Å². The Morgan fingerprint density at radius 3 is 2.45 bits per heavy atom. The number of fused-ring (bicyclic) bond motifs is 1. The summed E-state index contributed by atoms with van der Waals surface area (Å²) in [5.74, 6) is -1.60. The summed E-state index contributed by atoms with van der Waals surface area (Å²) in [4.78, 5) is 13.8. The molecule has 6 heteroatoms. The van der Waals surface area contributed by atoms with E-state index >= 15 is 0 Å². The van der Waals surface area contributed by atoms with Crippen LogP contribution in [0.5, 0.6) is 0 Å². The third-order valence-electron chi connectivity index (χ3n) is 3.81. The standard InChI is InChI=1S/C16H15F2N3O/c17-13-2-1-3-14(18)12(13)8-21-7-10-5-4-9(15(19)20)6-11(10)16(21)22/h1-6,15H,7-8,19-20H2. The minimum absolute atomic E-state index is 0.112. The molecule has 0 atom stereocenters. The van der Waals surface area contributed by atoms with Gasteiger partial charge in [0.25, 0.3) is 5.91 Å². The predicted molar refractivity (Wildman–Crippen MR) is 77.5 cm³/mol. The molecule has 0 spiro atoms. The minimum Gasteiger partial charge on any atom is -0.330 e.